The first kappa shape index (κ1) is 22.0. The number of nitrogens with one attached hydrogen (secondary N) is 1. The maximum atomic E-state index is 13.0. The van der Waals surface area contributed by atoms with Crippen molar-refractivity contribution in [3.05, 3.63) is 69.2 Å². The zero-order chi connectivity index (χ0) is 22.8. The van der Waals surface area contributed by atoms with E-state index in [1.807, 2.05) is 18.2 Å². The van der Waals surface area contributed by atoms with Crippen LogP contribution in [-0.2, 0) is 16.0 Å². The fourth-order valence-electron chi connectivity index (χ4n) is 4.11. The number of hydrogen-bond donors (Lipinski definition) is 1. The maximum Gasteiger partial charge on any atom is 0.258 e. The van der Waals surface area contributed by atoms with Gasteiger partial charge in [0.05, 0.1) is 10.9 Å². The molecule has 2 amide bonds. The topological polar surface area (TPSA) is 86.4 Å². The highest BCUT2D eigenvalue weighted by Gasteiger charge is 2.33. The molecule has 0 bridgehead atoms. The Bertz CT molecular complexity index is 1240. The maximum absolute atomic E-state index is 13.0. The standard InChI is InChI=1S/C24H25ClN4O3/c1-28(2)23(31)12-15-14-29(20-11-10-16(25)13-18(15)20)22(30)9-5-8-21-26-19-7-4-3-6-17(19)24(32)27-21/h3-4,6-7,10-11,13,15H,5,8-9,12,14H2,1-2H3,(H,26,27,32). The van der Waals surface area contributed by atoms with E-state index in [1.165, 1.54) is 0 Å². The number of anilines is 1. The monoisotopic (exact) mass is 452 g/mol. The number of halogens is 1. The van der Waals surface area contributed by atoms with Gasteiger partial charge in [-0.1, -0.05) is 23.7 Å². The van der Waals surface area contributed by atoms with Gasteiger partial charge >= 0.3 is 0 Å². The van der Waals surface area contributed by atoms with Crippen molar-refractivity contribution in [3.63, 3.8) is 0 Å². The Morgan fingerprint density at radius 3 is 2.78 bits per heavy atom. The van der Waals surface area contributed by atoms with Gasteiger partial charge in [0.25, 0.3) is 5.56 Å². The van der Waals surface area contributed by atoms with Crippen LogP contribution >= 0.6 is 11.6 Å². The van der Waals surface area contributed by atoms with Gasteiger partial charge in [-0.15, -0.1) is 0 Å². The third-order valence-corrected chi connectivity index (χ3v) is 6.05. The van der Waals surface area contributed by atoms with E-state index in [1.54, 1.807) is 48.2 Å². The number of aromatic nitrogens is 2. The summed E-state index contributed by atoms with van der Waals surface area (Å²) in [6.45, 7) is 0.457. The van der Waals surface area contributed by atoms with Crippen LogP contribution in [0.5, 0.6) is 0 Å². The Morgan fingerprint density at radius 1 is 1.22 bits per heavy atom. The molecular formula is C24H25ClN4O3. The zero-order valence-electron chi connectivity index (χ0n) is 18.1. The number of benzene rings is 2. The molecule has 1 aromatic heterocycles. The van der Waals surface area contributed by atoms with Gasteiger partial charge in [0.2, 0.25) is 11.8 Å². The molecule has 32 heavy (non-hydrogen) atoms. The van der Waals surface area contributed by atoms with Crippen molar-refractivity contribution in [1.82, 2.24) is 14.9 Å². The number of H-pyrrole nitrogens is 1. The molecule has 0 fully saturated rings. The normalized spacial score (nSPS) is 15.1. The highest BCUT2D eigenvalue weighted by atomic mass is 35.5. The number of fused-ring (bicyclic) bond motifs is 2. The quantitative estimate of drug-likeness (QED) is 0.620. The first-order chi connectivity index (χ1) is 15.3. The predicted octanol–water partition coefficient (Wildman–Crippen LogP) is 3.51. The highest BCUT2D eigenvalue weighted by molar-refractivity contribution is 6.30. The third-order valence-electron chi connectivity index (χ3n) is 5.81. The predicted molar refractivity (Wildman–Crippen MR) is 125 cm³/mol. The Kier molecular flexibility index (Phi) is 6.28. The van der Waals surface area contributed by atoms with Crippen molar-refractivity contribution in [2.75, 3.05) is 25.5 Å². The number of nitrogens with zero attached hydrogens (tertiary/aromatic N) is 3. The van der Waals surface area contributed by atoms with Crippen molar-refractivity contribution >= 4 is 40.0 Å². The minimum atomic E-state index is -0.171. The average Bonchev–Trinajstić information content (AvgIpc) is 3.11. The number of para-hydroxylation sites is 1. The molecular weight excluding hydrogens is 428 g/mol. The molecule has 1 atom stereocenters. The van der Waals surface area contributed by atoms with Gasteiger partial charge in [-0.25, -0.2) is 4.98 Å². The van der Waals surface area contributed by atoms with E-state index in [0.717, 1.165) is 11.3 Å². The second kappa shape index (κ2) is 9.12. The van der Waals surface area contributed by atoms with Gasteiger partial charge in [0.1, 0.15) is 5.82 Å². The first-order valence-electron chi connectivity index (χ1n) is 10.6. The van der Waals surface area contributed by atoms with E-state index in [0.29, 0.717) is 54.0 Å². The summed E-state index contributed by atoms with van der Waals surface area (Å²) in [5.41, 5.74) is 2.22. The van der Waals surface area contributed by atoms with Crippen LogP contribution in [0.3, 0.4) is 0 Å². The SMILES string of the molecule is CN(C)C(=O)CC1CN(C(=O)CCCc2nc3ccccc3c(=O)[nH]2)c2ccc(Cl)cc21. The summed E-state index contributed by atoms with van der Waals surface area (Å²) in [5, 5.41) is 1.14. The molecule has 1 unspecified atom stereocenters. The van der Waals surface area contributed by atoms with Gasteiger partial charge in [0.15, 0.2) is 0 Å². The van der Waals surface area contributed by atoms with E-state index >= 15 is 0 Å². The van der Waals surface area contributed by atoms with Crippen molar-refractivity contribution in [1.29, 1.82) is 0 Å². The van der Waals surface area contributed by atoms with Crippen molar-refractivity contribution in [2.45, 2.75) is 31.6 Å². The van der Waals surface area contributed by atoms with E-state index in [9.17, 15) is 14.4 Å². The number of carbonyl (C=O) groups excluding carboxylic acids is 2. The minimum Gasteiger partial charge on any atom is -0.349 e. The van der Waals surface area contributed by atoms with Gasteiger partial charge in [0, 0.05) is 56.5 Å². The van der Waals surface area contributed by atoms with Gasteiger partial charge in [-0.2, -0.15) is 0 Å². The first-order valence-corrected chi connectivity index (χ1v) is 11.0. The minimum absolute atomic E-state index is 0.0153. The Morgan fingerprint density at radius 2 is 2.00 bits per heavy atom. The van der Waals surface area contributed by atoms with Gasteiger partial charge < -0.3 is 14.8 Å². The fourth-order valence-corrected chi connectivity index (χ4v) is 4.30. The van der Waals surface area contributed by atoms with Crippen LogP contribution in [-0.4, -0.2) is 47.3 Å². The Labute approximate surface area is 191 Å². The van der Waals surface area contributed by atoms with Gasteiger partial charge in [-0.05, 0) is 42.3 Å². The molecule has 0 aliphatic carbocycles. The molecule has 0 spiro atoms. The lowest BCUT2D eigenvalue weighted by molar-refractivity contribution is -0.129. The summed E-state index contributed by atoms with van der Waals surface area (Å²) in [6.07, 6.45) is 1.69. The second-order valence-corrected chi connectivity index (χ2v) is 8.72. The molecule has 0 saturated heterocycles. The van der Waals surface area contributed by atoms with Crippen LogP contribution in [0.15, 0.2) is 47.3 Å². The van der Waals surface area contributed by atoms with E-state index in [-0.39, 0.29) is 23.3 Å². The molecule has 2 heterocycles. The van der Waals surface area contributed by atoms with Crippen LogP contribution in [0.2, 0.25) is 5.02 Å². The van der Waals surface area contributed by atoms with Gasteiger partial charge in [-0.3, -0.25) is 14.4 Å². The smallest absolute Gasteiger partial charge is 0.258 e. The number of rotatable bonds is 6. The molecule has 1 aliphatic heterocycles. The lowest BCUT2D eigenvalue weighted by atomic mass is 9.97. The largest absolute Gasteiger partial charge is 0.349 e. The lowest BCUT2D eigenvalue weighted by Gasteiger charge is -2.18. The molecule has 1 N–H and O–H groups in total. The molecule has 1 aliphatic rings. The number of hydrogen-bond acceptors (Lipinski definition) is 4. The summed E-state index contributed by atoms with van der Waals surface area (Å²) in [4.78, 5) is 48.1. The Balaban J connectivity index is 1.44. The van der Waals surface area contributed by atoms with E-state index in [2.05, 4.69) is 9.97 Å². The number of carbonyl (C=O) groups is 2. The molecule has 3 aromatic rings. The summed E-state index contributed by atoms with van der Waals surface area (Å²) in [6, 6.07) is 12.7. The van der Waals surface area contributed by atoms with Crippen molar-refractivity contribution < 1.29 is 9.59 Å². The molecule has 2 aromatic carbocycles. The summed E-state index contributed by atoms with van der Waals surface area (Å²) < 4.78 is 0. The molecule has 0 saturated carbocycles. The molecule has 4 rings (SSSR count). The number of aryl methyl sites for hydroxylation is 1. The van der Waals surface area contributed by atoms with Crippen LogP contribution in [0.4, 0.5) is 5.69 Å². The average molecular weight is 453 g/mol. The van der Waals surface area contributed by atoms with Crippen LogP contribution in [0, 0.1) is 0 Å². The zero-order valence-corrected chi connectivity index (χ0v) is 18.9. The second-order valence-electron chi connectivity index (χ2n) is 8.28. The van der Waals surface area contributed by atoms with Crippen LogP contribution in [0.25, 0.3) is 10.9 Å². The summed E-state index contributed by atoms with van der Waals surface area (Å²) in [5.74, 6) is 0.490. The highest BCUT2D eigenvalue weighted by Crippen LogP contribution is 2.40. The summed E-state index contributed by atoms with van der Waals surface area (Å²) >= 11 is 6.19. The number of amides is 2. The van der Waals surface area contributed by atoms with E-state index in [4.69, 9.17) is 11.6 Å². The molecule has 0 radical (unpaired) electrons. The van der Waals surface area contributed by atoms with Crippen molar-refractivity contribution in [3.8, 4) is 0 Å². The van der Waals surface area contributed by atoms with E-state index < -0.39 is 0 Å². The summed E-state index contributed by atoms with van der Waals surface area (Å²) in [7, 11) is 3.45. The molecule has 7 nitrogen and oxygen atoms in total. The molecule has 8 heteroatoms. The lowest BCUT2D eigenvalue weighted by Crippen LogP contribution is -2.31. The van der Waals surface area contributed by atoms with Crippen LogP contribution < -0.4 is 10.5 Å². The van der Waals surface area contributed by atoms with Crippen LogP contribution in [0.1, 0.15) is 36.6 Å². The van der Waals surface area contributed by atoms with Crippen molar-refractivity contribution in [2.24, 2.45) is 0 Å². The third kappa shape index (κ3) is 4.53. The fraction of sp³-hybridized carbons (Fsp3) is 0.333. The number of aromatic amines is 1. The Hall–Kier alpha value is -3.19. The molecule has 166 valence electrons.